The van der Waals surface area contributed by atoms with E-state index >= 15 is 0 Å². The van der Waals surface area contributed by atoms with Gasteiger partial charge >= 0.3 is 0 Å². The van der Waals surface area contributed by atoms with Gasteiger partial charge in [-0.1, -0.05) is 181 Å². The largest absolute Gasteiger partial charge is 0.138 e. The van der Waals surface area contributed by atoms with E-state index in [9.17, 15) is 0 Å². The van der Waals surface area contributed by atoms with Crippen LogP contribution in [0.25, 0.3) is 0 Å². The molecule has 0 saturated carbocycles. The number of benzene rings is 3. The van der Waals surface area contributed by atoms with Crippen molar-refractivity contribution >= 4 is 9.24 Å². The van der Waals surface area contributed by atoms with Gasteiger partial charge in [-0.2, -0.15) is 0 Å². The highest BCUT2D eigenvalue weighted by Gasteiger charge is 2.30. The molecule has 0 saturated heterocycles. The van der Waals surface area contributed by atoms with E-state index in [1.165, 1.54) is 126 Å². The summed E-state index contributed by atoms with van der Waals surface area (Å²) in [4.78, 5) is 0. The Bertz CT molecular complexity index is 864. The van der Waals surface area contributed by atoms with Crippen molar-refractivity contribution in [1.82, 2.24) is 0 Å². The molecule has 0 radical (unpaired) electrons. The van der Waals surface area contributed by atoms with Crippen LogP contribution >= 0.6 is 9.24 Å². The maximum absolute atomic E-state index is 2.85. The van der Waals surface area contributed by atoms with Crippen LogP contribution in [0.3, 0.4) is 0 Å². The van der Waals surface area contributed by atoms with Crippen LogP contribution in [0.1, 0.15) is 119 Å². The zero-order chi connectivity index (χ0) is 28.0. The highest BCUT2D eigenvalue weighted by Crippen LogP contribution is 2.37. The molecule has 0 N–H and O–H groups in total. The summed E-state index contributed by atoms with van der Waals surface area (Å²) in [5, 5.41) is 0. The van der Waals surface area contributed by atoms with Gasteiger partial charge in [0.25, 0.3) is 0 Å². The molecule has 0 amide bonds. The van der Waals surface area contributed by atoms with Gasteiger partial charge in [0, 0.05) is 0 Å². The molecule has 0 aliphatic heterocycles. The van der Waals surface area contributed by atoms with Gasteiger partial charge in [0.15, 0.2) is 0 Å². The van der Waals surface area contributed by atoms with Crippen LogP contribution < -0.4 is 0 Å². The van der Waals surface area contributed by atoms with Crippen molar-refractivity contribution in [1.29, 1.82) is 0 Å². The summed E-state index contributed by atoms with van der Waals surface area (Å²) in [7, 11) is 2.85. The van der Waals surface area contributed by atoms with Crippen LogP contribution in [-0.2, 0) is 19.3 Å². The minimum absolute atomic E-state index is 0.249. The van der Waals surface area contributed by atoms with Crippen LogP contribution in [0.2, 0.25) is 0 Å². The fourth-order valence-corrected chi connectivity index (χ4v) is 6.77. The summed E-state index contributed by atoms with van der Waals surface area (Å²) in [5.74, 6) is 0. The first kappa shape index (κ1) is 32.6. The second kappa shape index (κ2) is 20.9. The number of rotatable bonds is 23. The first-order valence-corrected chi connectivity index (χ1v) is 17.4. The second-order valence-electron chi connectivity index (χ2n) is 12.3. The maximum atomic E-state index is 2.85. The monoisotopic (exact) mass is 556 g/mol. The van der Waals surface area contributed by atoms with Gasteiger partial charge in [-0.25, -0.2) is 0 Å². The molecule has 40 heavy (non-hydrogen) atoms. The lowest BCUT2D eigenvalue weighted by Gasteiger charge is -2.35. The van der Waals surface area contributed by atoms with Crippen LogP contribution in [-0.4, -0.2) is 6.16 Å². The molecular weight excluding hydrogens is 499 g/mol. The van der Waals surface area contributed by atoms with Crippen molar-refractivity contribution < 1.29 is 0 Å². The molecule has 0 aromatic heterocycles. The summed E-state index contributed by atoms with van der Waals surface area (Å²) in [6.45, 7) is 0. The van der Waals surface area contributed by atoms with E-state index in [0.29, 0.717) is 0 Å². The van der Waals surface area contributed by atoms with Crippen LogP contribution in [0.5, 0.6) is 0 Å². The van der Waals surface area contributed by atoms with Gasteiger partial charge in [0.2, 0.25) is 0 Å². The van der Waals surface area contributed by atoms with Crippen molar-refractivity contribution in [2.45, 2.75) is 122 Å². The van der Waals surface area contributed by atoms with Crippen molar-refractivity contribution in [3.8, 4) is 0 Å². The normalized spacial score (nSPS) is 11.6. The quantitative estimate of drug-likeness (QED) is 0.0805. The highest BCUT2D eigenvalue weighted by atomic mass is 31.0. The molecule has 0 fully saturated rings. The number of unbranched alkanes of at least 4 members (excludes halogenated alkanes) is 14. The third-order valence-corrected chi connectivity index (χ3v) is 9.09. The van der Waals surface area contributed by atoms with E-state index in [0.717, 1.165) is 19.3 Å². The predicted molar refractivity (Wildman–Crippen MR) is 181 cm³/mol. The molecule has 218 valence electrons. The van der Waals surface area contributed by atoms with Crippen LogP contribution in [0, 0.1) is 5.41 Å². The third kappa shape index (κ3) is 14.1. The Morgan fingerprint density at radius 1 is 0.350 bits per heavy atom. The van der Waals surface area contributed by atoms with Gasteiger partial charge in [-0.3, -0.25) is 0 Å². The van der Waals surface area contributed by atoms with Gasteiger partial charge in [0.1, 0.15) is 0 Å². The first-order valence-electron chi connectivity index (χ1n) is 16.6. The lowest BCUT2D eigenvalue weighted by Crippen LogP contribution is -2.30. The standard InChI is InChI=1S/C39H57P/c40-32-24-13-11-9-7-5-3-1-2-4-6-8-10-12-23-31-39(33-36-25-17-14-18-26-36,34-37-27-19-15-20-28-37)35-38-29-21-16-22-30-38/h14-22,25-30H,1-13,23-24,31-35,40H2. The predicted octanol–water partition coefficient (Wildman–Crippen LogP) is 11.8. The van der Waals surface area contributed by atoms with Gasteiger partial charge < -0.3 is 0 Å². The molecule has 3 rings (SSSR count). The van der Waals surface area contributed by atoms with Gasteiger partial charge in [-0.15, -0.1) is 9.24 Å². The second-order valence-corrected chi connectivity index (χ2v) is 12.9. The minimum Gasteiger partial charge on any atom is -0.138 e. The molecule has 3 aromatic rings. The SMILES string of the molecule is PCCCCCCCCCCCCCCCCCC(Cc1ccccc1)(Cc1ccccc1)Cc1ccccc1. The van der Waals surface area contributed by atoms with E-state index in [1.807, 2.05) is 0 Å². The Balaban J connectivity index is 1.42. The topological polar surface area (TPSA) is 0 Å². The van der Waals surface area contributed by atoms with Crippen LogP contribution in [0.4, 0.5) is 0 Å². The Morgan fingerprint density at radius 2 is 0.625 bits per heavy atom. The number of hydrogen-bond donors (Lipinski definition) is 0. The first-order chi connectivity index (χ1) is 19.8. The molecule has 0 aliphatic carbocycles. The molecular formula is C39H57P. The molecule has 0 heterocycles. The van der Waals surface area contributed by atoms with E-state index in [4.69, 9.17) is 0 Å². The van der Waals surface area contributed by atoms with E-state index < -0.39 is 0 Å². The summed E-state index contributed by atoms with van der Waals surface area (Å²) in [6, 6.07) is 33.7. The lowest BCUT2D eigenvalue weighted by atomic mass is 9.69. The fraction of sp³-hybridized carbons (Fsp3) is 0.538. The van der Waals surface area contributed by atoms with Crippen molar-refractivity contribution in [3.63, 3.8) is 0 Å². The zero-order valence-corrected chi connectivity index (χ0v) is 26.5. The summed E-state index contributed by atoms with van der Waals surface area (Å²) in [6.07, 6.45) is 27.4. The third-order valence-electron chi connectivity index (χ3n) is 8.68. The van der Waals surface area contributed by atoms with E-state index in [-0.39, 0.29) is 5.41 Å². The van der Waals surface area contributed by atoms with E-state index in [1.54, 1.807) is 0 Å². The van der Waals surface area contributed by atoms with Gasteiger partial charge in [0.05, 0.1) is 0 Å². The Morgan fingerprint density at radius 3 is 0.925 bits per heavy atom. The Labute approximate surface area is 250 Å². The van der Waals surface area contributed by atoms with Crippen molar-refractivity contribution in [2.24, 2.45) is 5.41 Å². The molecule has 0 aliphatic rings. The maximum Gasteiger partial charge on any atom is -0.0176 e. The van der Waals surface area contributed by atoms with E-state index in [2.05, 4.69) is 100 Å². The molecule has 0 spiro atoms. The Hall–Kier alpha value is -1.91. The van der Waals surface area contributed by atoms with Crippen LogP contribution in [0.15, 0.2) is 91.0 Å². The molecule has 0 bridgehead atoms. The minimum atomic E-state index is 0.249. The summed E-state index contributed by atoms with van der Waals surface area (Å²) < 4.78 is 0. The highest BCUT2D eigenvalue weighted by molar-refractivity contribution is 7.16. The number of hydrogen-bond acceptors (Lipinski definition) is 0. The van der Waals surface area contributed by atoms with Crippen molar-refractivity contribution in [3.05, 3.63) is 108 Å². The fourth-order valence-electron chi connectivity index (χ4n) is 6.48. The molecule has 1 unspecified atom stereocenters. The average Bonchev–Trinajstić information content (AvgIpc) is 2.98. The molecule has 0 nitrogen and oxygen atoms in total. The lowest BCUT2D eigenvalue weighted by molar-refractivity contribution is 0.243. The molecule has 3 aromatic carbocycles. The molecule has 1 heteroatoms. The van der Waals surface area contributed by atoms with Crippen molar-refractivity contribution in [2.75, 3.05) is 6.16 Å². The Kier molecular flexibility index (Phi) is 17.0. The van der Waals surface area contributed by atoms with Gasteiger partial charge in [-0.05, 0) is 60.4 Å². The summed E-state index contributed by atoms with van der Waals surface area (Å²) >= 11 is 0. The zero-order valence-electron chi connectivity index (χ0n) is 25.4. The summed E-state index contributed by atoms with van der Waals surface area (Å²) in [5.41, 5.74) is 4.68. The average molecular weight is 557 g/mol. The molecule has 1 atom stereocenters. The smallest absolute Gasteiger partial charge is 0.0176 e.